The summed E-state index contributed by atoms with van der Waals surface area (Å²) in [6.45, 7) is 5.71. The fraction of sp³-hybridized carbons (Fsp3) is 0.211. The van der Waals surface area contributed by atoms with Crippen LogP contribution in [-0.4, -0.2) is 37.3 Å². The Bertz CT molecular complexity index is 989. The Labute approximate surface area is 166 Å². The maximum absolute atomic E-state index is 12.3. The molecule has 0 saturated heterocycles. The second-order valence-electron chi connectivity index (χ2n) is 6.23. The molecule has 0 aliphatic heterocycles. The third-order valence-corrected chi connectivity index (χ3v) is 5.04. The third-order valence-electron chi connectivity index (χ3n) is 4.01. The van der Waals surface area contributed by atoms with E-state index in [1.165, 1.54) is 11.8 Å². The highest BCUT2D eigenvalue weighted by Gasteiger charge is 2.20. The Balaban J connectivity index is 1.63. The van der Waals surface area contributed by atoms with Gasteiger partial charge in [0.05, 0.1) is 10.9 Å². The third kappa shape index (κ3) is 4.55. The Hall–Kier alpha value is -3.20. The van der Waals surface area contributed by atoms with E-state index >= 15 is 0 Å². The largest absolute Gasteiger partial charge is 0.272 e. The molecule has 28 heavy (non-hydrogen) atoms. The van der Waals surface area contributed by atoms with Gasteiger partial charge in [0.1, 0.15) is 0 Å². The minimum absolute atomic E-state index is 0.357. The number of hydrogen-bond donors (Lipinski definition) is 2. The van der Waals surface area contributed by atoms with E-state index in [9.17, 15) is 9.59 Å². The summed E-state index contributed by atoms with van der Waals surface area (Å²) < 4.78 is 1.60. The fourth-order valence-corrected chi connectivity index (χ4v) is 3.34. The van der Waals surface area contributed by atoms with Gasteiger partial charge in [-0.3, -0.25) is 20.4 Å². The van der Waals surface area contributed by atoms with Crippen LogP contribution < -0.4 is 10.9 Å². The second-order valence-corrected chi connectivity index (χ2v) is 7.54. The van der Waals surface area contributed by atoms with Gasteiger partial charge in [-0.1, -0.05) is 47.7 Å². The van der Waals surface area contributed by atoms with Gasteiger partial charge < -0.3 is 0 Å². The van der Waals surface area contributed by atoms with Crippen LogP contribution in [-0.2, 0) is 4.79 Å². The number of carbonyl (C=O) groups is 2. The van der Waals surface area contributed by atoms with E-state index in [0.717, 1.165) is 16.8 Å². The predicted octanol–water partition coefficient (Wildman–Crippen LogP) is 2.22. The molecule has 9 heteroatoms. The number of thioether (sulfide) groups is 1. The van der Waals surface area contributed by atoms with E-state index < -0.39 is 5.25 Å². The van der Waals surface area contributed by atoms with Crippen molar-refractivity contribution in [3.63, 3.8) is 0 Å². The molecule has 0 unspecified atom stereocenters. The van der Waals surface area contributed by atoms with Gasteiger partial charge >= 0.3 is 0 Å². The zero-order valence-corrected chi connectivity index (χ0v) is 16.5. The van der Waals surface area contributed by atoms with Crippen molar-refractivity contribution in [2.75, 3.05) is 0 Å². The smallest absolute Gasteiger partial charge is 0.269 e. The molecule has 2 N–H and O–H groups in total. The highest BCUT2D eigenvalue weighted by atomic mass is 32.2. The number of carbonyl (C=O) groups excluding carboxylic acids is 2. The number of nitrogens with one attached hydrogen (secondary N) is 2. The highest BCUT2D eigenvalue weighted by molar-refractivity contribution is 8.00. The first-order chi connectivity index (χ1) is 13.5. The summed E-state index contributed by atoms with van der Waals surface area (Å²) in [5.41, 5.74) is 8.33. The molecule has 3 aromatic rings. The molecular weight excluding hydrogens is 376 g/mol. The summed E-state index contributed by atoms with van der Waals surface area (Å²) in [5, 5.41) is 11.8. The summed E-state index contributed by atoms with van der Waals surface area (Å²) in [5.74, 6) is -0.740. The van der Waals surface area contributed by atoms with Crippen molar-refractivity contribution < 1.29 is 9.59 Å². The number of nitrogens with zero attached hydrogens (tertiary/aromatic N) is 4. The lowest BCUT2D eigenvalue weighted by molar-refractivity contribution is -0.121. The van der Waals surface area contributed by atoms with Crippen molar-refractivity contribution in [3.05, 3.63) is 65.2 Å². The molecule has 1 heterocycles. The first-order valence-electron chi connectivity index (χ1n) is 8.63. The molecule has 0 spiro atoms. The van der Waals surface area contributed by atoms with Crippen LogP contribution in [0, 0.1) is 13.8 Å². The Morgan fingerprint density at radius 3 is 2.54 bits per heavy atom. The molecule has 0 radical (unpaired) electrons. The summed E-state index contributed by atoms with van der Waals surface area (Å²) in [7, 11) is 0. The summed E-state index contributed by atoms with van der Waals surface area (Å²) >= 11 is 1.20. The van der Waals surface area contributed by atoms with Crippen LogP contribution in [0.4, 0.5) is 0 Å². The lowest BCUT2D eigenvalue weighted by atomic mass is 10.1. The number of rotatable bonds is 5. The van der Waals surface area contributed by atoms with E-state index in [4.69, 9.17) is 0 Å². The predicted molar refractivity (Wildman–Crippen MR) is 106 cm³/mol. The van der Waals surface area contributed by atoms with Gasteiger partial charge in [-0.2, -0.15) is 4.68 Å². The zero-order valence-electron chi connectivity index (χ0n) is 15.7. The molecule has 144 valence electrons. The fourth-order valence-electron chi connectivity index (χ4n) is 2.54. The van der Waals surface area contributed by atoms with E-state index in [1.54, 1.807) is 35.9 Å². The van der Waals surface area contributed by atoms with E-state index in [0.29, 0.717) is 10.7 Å². The molecule has 0 fully saturated rings. The number of aromatic nitrogens is 4. The zero-order chi connectivity index (χ0) is 20.1. The summed E-state index contributed by atoms with van der Waals surface area (Å²) in [6.07, 6.45) is 0. The standard InChI is InChI=1S/C19H20N6O2S/c1-12-9-10-16(13(2)11-12)25-19(22-23-24-25)28-14(3)17(26)20-21-18(27)15-7-5-4-6-8-15/h4-11,14H,1-3H3,(H,20,26)(H,21,27)/t14-/m0/s1. The molecule has 1 aromatic heterocycles. The van der Waals surface area contributed by atoms with Gasteiger partial charge in [0.25, 0.3) is 11.8 Å². The van der Waals surface area contributed by atoms with Crippen LogP contribution in [0.3, 0.4) is 0 Å². The summed E-state index contributed by atoms with van der Waals surface area (Å²) in [6, 6.07) is 14.6. The maximum atomic E-state index is 12.3. The van der Waals surface area contributed by atoms with Gasteiger partial charge in [-0.15, -0.1) is 5.10 Å². The van der Waals surface area contributed by atoms with Crippen molar-refractivity contribution in [2.45, 2.75) is 31.2 Å². The van der Waals surface area contributed by atoms with Crippen LogP contribution in [0.5, 0.6) is 0 Å². The van der Waals surface area contributed by atoms with Crippen LogP contribution in [0.25, 0.3) is 5.69 Å². The van der Waals surface area contributed by atoms with E-state index in [2.05, 4.69) is 26.4 Å². The molecule has 3 rings (SSSR count). The number of tetrazole rings is 1. The normalized spacial score (nSPS) is 11.7. The van der Waals surface area contributed by atoms with E-state index in [1.807, 2.05) is 38.1 Å². The van der Waals surface area contributed by atoms with Gasteiger partial charge in [0, 0.05) is 5.56 Å². The Morgan fingerprint density at radius 2 is 1.82 bits per heavy atom. The highest BCUT2D eigenvalue weighted by Crippen LogP contribution is 2.24. The average molecular weight is 396 g/mol. The topological polar surface area (TPSA) is 102 Å². The van der Waals surface area contributed by atoms with Crippen LogP contribution >= 0.6 is 11.8 Å². The average Bonchev–Trinajstić information content (AvgIpc) is 3.14. The quantitative estimate of drug-likeness (QED) is 0.506. The Kier molecular flexibility index (Phi) is 6.05. The number of amides is 2. The number of hydrazine groups is 1. The minimum Gasteiger partial charge on any atom is -0.272 e. The minimum atomic E-state index is -0.522. The van der Waals surface area contributed by atoms with Crippen LogP contribution in [0.15, 0.2) is 53.7 Å². The second kappa shape index (κ2) is 8.66. The summed E-state index contributed by atoms with van der Waals surface area (Å²) in [4.78, 5) is 24.4. The molecule has 2 aromatic carbocycles. The molecular formula is C19H20N6O2S. The van der Waals surface area contributed by atoms with Crippen LogP contribution in [0.2, 0.25) is 0 Å². The van der Waals surface area contributed by atoms with Crippen molar-refractivity contribution in [1.82, 2.24) is 31.1 Å². The monoisotopic (exact) mass is 396 g/mol. The molecule has 0 aliphatic carbocycles. The molecule has 0 saturated carbocycles. The molecule has 2 amide bonds. The van der Waals surface area contributed by atoms with Gasteiger partial charge in [-0.25, -0.2) is 0 Å². The number of aryl methyl sites for hydroxylation is 2. The van der Waals surface area contributed by atoms with Crippen molar-refractivity contribution in [2.24, 2.45) is 0 Å². The Morgan fingerprint density at radius 1 is 1.07 bits per heavy atom. The number of benzene rings is 2. The SMILES string of the molecule is Cc1ccc(-n2nnnc2S[C@@H](C)C(=O)NNC(=O)c2ccccc2)c(C)c1. The molecule has 0 bridgehead atoms. The van der Waals surface area contributed by atoms with Crippen LogP contribution in [0.1, 0.15) is 28.4 Å². The van der Waals surface area contributed by atoms with Gasteiger partial charge in [0.2, 0.25) is 5.16 Å². The number of hydrogen-bond acceptors (Lipinski definition) is 6. The van der Waals surface area contributed by atoms with Crippen molar-refractivity contribution >= 4 is 23.6 Å². The molecule has 8 nitrogen and oxygen atoms in total. The van der Waals surface area contributed by atoms with Gasteiger partial charge in [-0.05, 0) is 55.0 Å². The maximum Gasteiger partial charge on any atom is 0.269 e. The lowest BCUT2D eigenvalue weighted by Gasteiger charge is -2.13. The van der Waals surface area contributed by atoms with Crippen molar-refractivity contribution in [3.8, 4) is 5.69 Å². The first-order valence-corrected chi connectivity index (χ1v) is 9.51. The van der Waals surface area contributed by atoms with E-state index in [-0.39, 0.29) is 11.8 Å². The first kappa shape index (κ1) is 19.6. The molecule has 1 atom stereocenters. The van der Waals surface area contributed by atoms with Gasteiger partial charge in [0.15, 0.2) is 0 Å². The lowest BCUT2D eigenvalue weighted by Crippen LogP contribution is -2.44. The molecule has 0 aliphatic rings. The van der Waals surface area contributed by atoms with Crippen molar-refractivity contribution in [1.29, 1.82) is 0 Å².